The van der Waals surface area contributed by atoms with Crippen molar-refractivity contribution in [2.24, 2.45) is 0 Å². The van der Waals surface area contributed by atoms with Crippen LogP contribution in [0, 0.1) is 0 Å². The third-order valence-corrected chi connectivity index (χ3v) is 3.95. The molecular formula is C11H24N2+2. The first-order valence-corrected chi connectivity index (χ1v) is 6.03. The lowest BCUT2D eigenvalue weighted by atomic mass is 9.91. The largest absolute Gasteiger partial charge is 0.339 e. The van der Waals surface area contributed by atoms with Crippen LogP contribution in [0.25, 0.3) is 0 Å². The Morgan fingerprint density at radius 2 is 1.92 bits per heavy atom. The van der Waals surface area contributed by atoms with E-state index in [0.717, 1.165) is 12.1 Å². The Hall–Kier alpha value is -0.0800. The van der Waals surface area contributed by atoms with Gasteiger partial charge in [0.15, 0.2) is 0 Å². The maximum absolute atomic E-state index is 2.61. The maximum Gasteiger partial charge on any atom is 0.140 e. The van der Waals surface area contributed by atoms with Gasteiger partial charge in [-0.15, -0.1) is 0 Å². The third kappa shape index (κ3) is 2.23. The number of nitrogens with one attached hydrogen (secondary N) is 1. The van der Waals surface area contributed by atoms with Crippen LogP contribution in [0.2, 0.25) is 0 Å². The Balaban J connectivity index is 1.88. The zero-order chi connectivity index (χ0) is 9.10. The van der Waals surface area contributed by atoms with E-state index >= 15 is 0 Å². The maximum atomic E-state index is 2.61. The predicted molar refractivity (Wildman–Crippen MR) is 53.8 cm³/mol. The van der Waals surface area contributed by atoms with Crippen molar-refractivity contribution in [3.05, 3.63) is 0 Å². The molecule has 0 aromatic heterocycles. The Bertz CT molecular complexity index is 152. The molecule has 76 valence electrons. The molecule has 3 N–H and O–H groups in total. The van der Waals surface area contributed by atoms with E-state index in [2.05, 4.69) is 12.4 Å². The molecule has 2 fully saturated rings. The summed E-state index contributed by atoms with van der Waals surface area (Å²) in [5, 5.41) is 2.61. The first-order chi connectivity index (χ1) is 6.38. The van der Waals surface area contributed by atoms with Gasteiger partial charge in [-0.2, -0.15) is 0 Å². The topological polar surface area (TPSA) is 21.1 Å². The van der Waals surface area contributed by atoms with Crippen LogP contribution in [0.3, 0.4) is 0 Å². The summed E-state index contributed by atoms with van der Waals surface area (Å²) in [6, 6.07) is 1.92. The molecule has 2 saturated heterocycles. The van der Waals surface area contributed by atoms with Crippen LogP contribution in [0.4, 0.5) is 0 Å². The molecule has 13 heavy (non-hydrogen) atoms. The second-order valence-corrected chi connectivity index (χ2v) is 4.88. The Morgan fingerprint density at radius 3 is 2.62 bits per heavy atom. The van der Waals surface area contributed by atoms with Gasteiger partial charge >= 0.3 is 0 Å². The van der Waals surface area contributed by atoms with Crippen LogP contribution in [0.15, 0.2) is 0 Å². The van der Waals surface area contributed by atoms with E-state index in [1.807, 2.05) is 0 Å². The van der Waals surface area contributed by atoms with Gasteiger partial charge in [0, 0.05) is 12.8 Å². The van der Waals surface area contributed by atoms with Crippen LogP contribution in [0.1, 0.15) is 38.5 Å². The monoisotopic (exact) mass is 184 g/mol. The van der Waals surface area contributed by atoms with E-state index in [1.54, 1.807) is 4.90 Å². The van der Waals surface area contributed by atoms with Crippen LogP contribution in [-0.2, 0) is 0 Å². The molecule has 2 aliphatic heterocycles. The van der Waals surface area contributed by atoms with Crippen molar-refractivity contribution < 1.29 is 10.2 Å². The average Bonchev–Trinajstić information content (AvgIpc) is 2.20. The van der Waals surface area contributed by atoms with Crippen molar-refractivity contribution in [3.8, 4) is 0 Å². The summed E-state index contributed by atoms with van der Waals surface area (Å²) in [6.45, 7) is 2.80. The van der Waals surface area contributed by atoms with E-state index in [4.69, 9.17) is 0 Å². The Kier molecular flexibility index (Phi) is 3.23. The fourth-order valence-electron chi connectivity index (χ4n) is 3.12. The average molecular weight is 184 g/mol. The lowest BCUT2D eigenvalue weighted by Gasteiger charge is -2.35. The quantitative estimate of drug-likeness (QED) is 0.531. The molecule has 0 aromatic carbocycles. The van der Waals surface area contributed by atoms with Gasteiger partial charge in [-0.25, -0.2) is 0 Å². The lowest BCUT2D eigenvalue weighted by Crippen LogP contribution is -3.19. The SMILES string of the molecule is C[NH+]1CCCC[C@H]1[C@@H]1CCCC[NH2+]1. The van der Waals surface area contributed by atoms with E-state index in [-0.39, 0.29) is 0 Å². The first-order valence-electron chi connectivity index (χ1n) is 6.03. The number of rotatable bonds is 1. The molecule has 2 rings (SSSR count). The molecule has 0 spiro atoms. The number of piperidine rings is 2. The molecule has 0 radical (unpaired) electrons. The van der Waals surface area contributed by atoms with Crippen LogP contribution in [-0.4, -0.2) is 32.2 Å². The van der Waals surface area contributed by atoms with Crippen LogP contribution >= 0.6 is 0 Å². The zero-order valence-electron chi connectivity index (χ0n) is 8.89. The normalized spacial score (nSPS) is 41.8. The number of quaternary nitrogens is 2. The summed E-state index contributed by atoms with van der Waals surface area (Å²) in [5.41, 5.74) is 0. The highest BCUT2D eigenvalue weighted by Crippen LogP contribution is 2.10. The third-order valence-electron chi connectivity index (χ3n) is 3.95. The lowest BCUT2D eigenvalue weighted by molar-refractivity contribution is -0.934. The summed E-state index contributed by atoms with van der Waals surface area (Å²) in [5.74, 6) is 0. The number of hydrogen-bond donors (Lipinski definition) is 2. The summed E-state index contributed by atoms with van der Waals surface area (Å²) in [6.07, 6.45) is 8.81. The van der Waals surface area contributed by atoms with E-state index < -0.39 is 0 Å². The molecule has 0 bridgehead atoms. The van der Waals surface area contributed by atoms with Crippen molar-refractivity contribution in [2.75, 3.05) is 20.1 Å². The minimum absolute atomic E-state index is 0.953. The summed E-state index contributed by atoms with van der Waals surface area (Å²) in [7, 11) is 2.40. The zero-order valence-corrected chi connectivity index (χ0v) is 8.89. The molecule has 2 aliphatic rings. The van der Waals surface area contributed by atoms with Crippen molar-refractivity contribution in [2.45, 2.75) is 50.6 Å². The van der Waals surface area contributed by atoms with Gasteiger partial charge < -0.3 is 10.2 Å². The highest BCUT2D eigenvalue weighted by atomic mass is 15.2. The van der Waals surface area contributed by atoms with Gasteiger partial charge in [0.05, 0.1) is 20.1 Å². The second-order valence-electron chi connectivity index (χ2n) is 4.88. The fourth-order valence-corrected chi connectivity index (χ4v) is 3.12. The smallest absolute Gasteiger partial charge is 0.140 e. The van der Waals surface area contributed by atoms with Crippen molar-refractivity contribution in [1.29, 1.82) is 0 Å². The summed E-state index contributed by atoms with van der Waals surface area (Å²) < 4.78 is 0. The van der Waals surface area contributed by atoms with Gasteiger partial charge in [0.25, 0.3) is 0 Å². The number of hydrogen-bond acceptors (Lipinski definition) is 0. The van der Waals surface area contributed by atoms with Crippen molar-refractivity contribution >= 4 is 0 Å². The van der Waals surface area contributed by atoms with Gasteiger partial charge in [-0.1, -0.05) is 0 Å². The van der Waals surface area contributed by atoms with Crippen molar-refractivity contribution in [3.63, 3.8) is 0 Å². The molecule has 1 unspecified atom stereocenters. The van der Waals surface area contributed by atoms with Gasteiger partial charge in [-0.05, 0) is 25.7 Å². The highest BCUT2D eigenvalue weighted by Gasteiger charge is 2.34. The minimum Gasteiger partial charge on any atom is -0.339 e. The molecule has 0 amide bonds. The number of likely N-dealkylation sites (tertiary alicyclic amines) is 1. The van der Waals surface area contributed by atoms with Crippen LogP contribution in [0.5, 0.6) is 0 Å². The molecule has 0 aliphatic carbocycles. The number of nitrogens with two attached hydrogens (primary N) is 1. The predicted octanol–water partition coefficient (Wildman–Crippen LogP) is -0.830. The first kappa shape index (κ1) is 9.47. The molecule has 2 heterocycles. The second kappa shape index (κ2) is 4.43. The summed E-state index contributed by atoms with van der Waals surface area (Å²) in [4.78, 5) is 1.80. The van der Waals surface area contributed by atoms with Gasteiger partial charge in [0.1, 0.15) is 12.1 Å². The number of likely N-dealkylation sites (N-methyl/N-ethyl adjacent to an activating group) is 1. The van der Waals surface area contributed by atoms with Gasteiger partial charge in [0.2, 0.25) is 0 Å². The molecule has 2 heteroatoms. The van der Waals surface area contributed by atoms with Crippen LogP contribution < -0.4 is 10.2 Å². The molecule has 2 nitrogen and oxygen atoms in total. The molecular weight excluding hydrogens is 160 g/mol. The van der Waals surface area contributed by atoms with Crippen molar-refractivity contribution in [1.82, 2.24) is 0 Å². The Morgan fingerprint density at radius 1 is 1.08 bits per heavy atom. The highest BCUT2D eigenvalue weighted by molar-refractivity contribution is 4.71. The summed E-state index contributed by atoms with van der Waals surface area (Å²) >= 11 is 0. The van der Waals surface area contributed by atoms with E-state index in [1.165, 1.54) is 51.6 Å². The Labute approximate surface area is 81.7 Å². The molecule has 0 aromatic rings. The molecule has 0 saturated carbocycles. The molecule has 3 atom stereocenters. The van der Waals surface area contributed by atoms with E-state index in [9.17, 15) is 0 Å². The fraction of sp³-hybridized carbons (Fsp3) is 1.00. The minimum atomic E-state index is 0.953. The van der Waals surface area contributed by atoms with E-state index in [0.29, 0.717) is 0 Å². The standard InChI is InChI=1S/C11H22N2/c1-13-9-5-3-7-11(13)10-6-2-4-8-12-10/h10-12H,2-9H2,1H3/p+2/t10-,11-/m0/s1. The van der Waals surface area contributed by atoms with Gasteiger partial charge in [-0.3, -0.25) is 0 Å².